The van der Waals surface area contributed by atoms with Gasteiger partial charge >= 0.3 is 6.18 Å². The molecule has 0 saturated heterocycles. The van der Waals surface area contributed by atoms with Gasteiger partial charge in [-0.1, -0.05) is 12.1 Å². The number of nitrogens with zero attached hydrogens (tertiary/aromatic N) is 2. The predicted molar refractivity (Wildman–Crippen MR) is 104 cm³/mol. The van der Waals surface area contributed by atoms with Gasteiger partial charge in [0.15, 0.2) is 5.96 Å². The van der Waals surface area contributed by atoms with Crippen molar-refractivity contribution in [1.82, 2.24) is 15.5 Å². The summed E-state index contributed by atoms with van der Waals surface area (Å²) in [4.78, 5) is 6.21. The van der Waals surface area contributed by atoms with Crippen LogP contribution in [-0.2, 0) is 17.5 Å². The zero-order valence-corrected chi connectivity index (χ0v) is 17.0. The molecule has 0 saturated carbocycles. The van der Waals surface area contributed by atoms with E-state index in [1.165, 1.54) is 12.1 Å². The first-order chi connectivity index (χ1) is 11.4. The largest absolute Gasteiger partial charge is 0.416 e. The summed E-state index contributed by atoms with van der Waals surface area (Å²) in [5, 5.41) is 6.23. The van der Waals surface area contributed by atoms with Crippen LogP contribution < -0.4 is 10.6 Å². The summed E-state index contributed by atoms with van der Waals surface area (Å²) in [5.74, 6) is 0.607. The lowest BCUT2D eigenvalue weighted by Crippen LogP contribution is -2.41. The molecule has 0 unspecified atom stereocenters. The Hall–Kier alpha value is -1.07. The van der Waals surface area contributed by atoms with Gasteiger partial charge in [-0.15, -0.1) is 24.0 Å². The van der Waals surface area contributed by atoms with Gasteiger partial charge in [-0.3, -0.25) is 4.99 Å². The van der Waals surface area contributed by atoms with Crippen LogP contribution in [0.5, 0.6) is 0 Å². The topological polar surface area (TPSA) is 48.9 Å². The van der Waals surface area contributed by atoms with Gasteiger partial charge in [0.05, 0.1) is 12.2 Å². The molecule has 1 aromatic rings. The Kier molecular flexibility index (Phi) is 11.8. The molecule has 0 heterocycles. The maximum atomic E-state index is 12.5. The number of aliphatic imine (C=N–C) groups is 1. The Bertz CT molecular complexity index is 509. The Morgan fingerprint density at radius 1 is 1.16 bits per heavy atom. The Balaban J connectivity index is 0.00000576. The summed E-state index contributed by atoms with van der Waals surface area (Å²) in [5.41, 5.74) is 0.107. The van der Waals surface area contributed by atoms with Gasteiger partial charge in [-0.05, 0) is 24.7 Å². The van der Waals surface area contributed by atoms with Gasteiger partial charge < -0.3 is 20.3 Å². The minimum absolute atomic E-state index is 0. The number of hydrogen-bond donors (Lipinski definition) is 2. The SMILES string of the molecule is CN=C(NCCN(C)CCOC)NCc1ccc(C(F)(F)F)cc1.I. The molecule has 0 aromatic heterocycles. The van der Waals surface area contributed by atoms with Gasteiger partial charge in [0.25, 0.3) is 0 Å². The third-order valence-corrected chi connectivity index (χ3v) is 3.43. The lowest BCUT2D eigenvalue weighted by atomic mass is 10.1. The van der Waals surface area contributed by atoms with Crippen molar-refractivity contribution >= 4 is 29.9 Å². The Morgan fingerprint density at radius 2 is 1.80 bits per heavy atom. The van der Waals surface area contributed by atoms with Gasteiger partial charge in [0.2, 0.25) is 0 Å². The number of guanidine groups is 1. The number of benzene rings is 1. The van der Waals surface area contributed by atoms with Crippen molar-refractivity contribution in [3.8, 4) is 0 Å². The highest BCUT2D eigenvalue weighted by atomic mass is 127. The van der Waals surface area contributed by atoms with E-state index in [4.69, 9.17) is 4.74 Å². The van der Waals surface area contributed by atoms with Gasteiger partial charge in [0, 0.05) is 40.3 Å². The van der Waals surface area contributed by atoms with E-state index in [0.29, 0.717) is 25.7 Å². The fourth-order valence-electron chi connectivity index (χ4n) is 1.94. The van der Waals surface area contributed by atoms with Crippen molar-refractivity contribution in [2.75, 3.05) is 47.4 Å². The summed E-state index contributed by atoms with van der Waals surface area (Å²) in [6.45, 7) is 3.45. The lowest BCUT2D eigenvalue weighted by Gasteiger charge is -2.18. The van der Waals surface area contributed by atoms with Gasteiger partial charge in [0.1, 0.15) is 0 Å². The van der Waals surface area contributed by atoms with E-state index in [9.17, 15) is 13.2 Å². The van der Waals surface area contributed by atoms with Crippen LogP contribution in [0.15, 0.2) is 29.3 Å². The molecule has 0 radical (unpaired) electrons. The summed E-state index contributed by atoms with van der Waals surface area (Å²) in [7, 11) is 5.31. The molecule has 0 bridgehead atoms. The molecule has 0 aliphatic carbocycles. The summed E-state index contributed by atoms with van der Waals surface area (Å²) in [6.07, 6.45) is -4.31. The second-order valence-corrected chi connectivity index (χ2v) is 5.34. The quantitative estimate of drug-likeness (QED) is 0.346. The first kappa shape index (κ1) is 23.9. The van der Waals surface area contributed by atoms with E-state index >= 15 is 0 Å². The number of methoxy groups -OCH3 is 1. The minimum atomic E-state index is -4.31. The first-order valence-corrected chi connectivity index (χ1v) is 7.65. The second kappa shape index (κ2) is 12.3. The van der Waals surface area contributed by atoms with Crippen molar-refractivity contribution in [1.29, 1.82) is 0 Å². The van der Waals surface area contributed by atoms with Crippen molar-refractivity contribution in [3.63, 3.8) is 0 Å². The van der Waals surface area contributed by atoms with Crippen LogP contribution in [0.3, 0.4) is 0 Å². The van der Waals surface area contributed by atoms with Gasteiger partial charge in [-0.2, -0.15) is 13.2 Å². The molecule has 0 amide bonds. The summed E-state index contributed by atoms with van der Waals surface area (Å²) >= 11 is 0. The molecular weight excluding hydrogens is 448 g/mol. The van der Waals surface area contributed by atoms with Gasteiger partial charge in [-0.25, -0.2) is 0 Å². The molecule has 0 spiro atoms. The van der Waals surface area contributed by atoms with E-state index in [0.717, 1.165) is 30.8 Å². The van der Waals surface area contributed by atoms with Crippen LogP contribution in [0.4, 0.5) is 13.2 Å². The standard InChI is InChI=1S/C16H25F3N4O.HI/c1-20-15(21-8-9-23(2)10-11-24-3)22-12-13-4-6-14(7-5-13)16(17,18)19;/h4-7H,8-12H2,1-3H3,(H2,20,21,22);1H. The van der Waals surface area contributed by atoms with Crippen LogP contribution in [0.25, 0.3) is 0 Å². The molecule has 0 aliphatic heterocycles. The molecule has 1 rings (SSSR count). The fraction of sp³-hybridized carbons (Fsp3) is 0.562. The van der Waals surface area contributed by atoms with Crippen LogP contribution in [0.2, 0.25) is 0 Å². The molecule has 2 N–H and O–H groups in total. The maximum absolute atomic E-state index is 12.5. The smallest absolute Gasteiger partial charge is 0.383 e. The van der Waals surface area contributed by atoms with E-state index < -0.39 is 11.7 Å². The lowest BCUT2D eigenvalue weighted by molar-refractivity contribution is -0.137. The summed E-state index contributed by atoms with van der Waals surface area (Å²) < 4.78 is 42.6. The van der Waals surface area contributed by atoms with Crippen LogP contribution in [-0.4, -0.2) is 58.3 Å². The van der Waals surface area contributed by atoms with E-state index in [-0.39, 0.29) is 24.0 Å². The fourth-order valence-corrected chi connectivity index (χ4v) is 1.94. The number of alkyl halides is 3. The van der Waals surface area contributed by atoms with Crippen molar-refractivity contribution in [2.24, 2.45) is 4.99 Å². The predicted octanol–water partition coefficient (Wildman–Crippen LogP) is 2.57. The van der Waals surface area contributed by atoms with E-state index in [1.807, 2.05) is 7.05 Å². The van der Waals surface area contributed by atoms with E-state index in [2.05, 4.69) is 20.5 Å². The summed E-state index contributed by atoms with van der Waals surface area (Å²) in [6, 6.07) is 5.08. The highest BCUT2D eigenvalue weighted by Gasteiger charge is 2.29. The normalized spacial score (nSPS) is 12.0. The highest BCUT2D eigenvalue weighted by molar-refractivity contribution is 14.0. The number of likely N-dealkylation sites (N-methyl/N-ethyl adjacent to an activating group) is 1. The molecule has 0 atom stereocenters. The Labute approximate surface area is 164 Å². The molecule has 9 heteroatoms. The third kappa shape index (κ3) is 9.85. The molecule has 5 nitrogen and oxygen atoms in total. The average Bonchev–Trinajstić information content (AvgIpc) is 2.55. The number of nitrogens with one attached hydrogen (secondary N) is 2. The molecule has 0 fully saturated rings. The molecule has 144 valence electrons. The van der Waals surface area contributed by atoms with E-state index in [1.54, 1.807) is 14.2 Å². The molecule has 0 aliphatic rings. The van der Waals surface area contributed by atoms with Crippen LogP contribution in [0.1, 0.15) is 11.1 Å². The highest BCUT2D eigenvalue weighted by Crippen LogP contribution is 2.28. The number of hydrogen-bond acceptors (Lipinski definition) is 3. The first-order valence-electron chi connectivity index (χ1n) is 7.65. The van der Waals surface area contributed by atoms with Crippen LogP contribution in [0, 0.1) is 0 Å². The average molecular weight is 474 g/mol. The third-order valence-electron chi connectivity index (χ3n) is 3.43. The number of halogens is 4. The molecular formula is C16H26F3IN4O. The Morgan fingerprint density at radius 3 is 2.32 bits per heavy atom. The zero-order valence-electron chi connectivity index (χ0n) is 14.7. The van der Waals surface area contributed by atoms with Crippen molar-refractivity contribution < 1.29 is 17.9 Å². The zero-order chi connectivity index (χ0) is 18.0. The van der Waals surface area contributed by atoms with Crippen molar-refractivity contribution in [3.05, 3.63) is 35.4 Å². The number of rotatable bonds is 8. The minimum Gasteiger partial charge on any atom is -0.383 e. The maximum Gasteiger partial charge on any atom is 0.416 e. The molecule has 1 aromatic carbocycles. The molecule has 25 heavy (non-hydrogen) atoms. The monoisotopic (exact) mass is 474 g/mol. The second-order valence-electron chi connectivity index (χ2n) is 5.34. The van der Waals surface area contributed by atoms with Crippen LogP contribution >= 0.6 is 24.0 Å². The van der Waals surface area contributed by atoms with Crippen molar-refractivity contribution in [2.45, 2.75) is 12.7 Å². The number of ether oxygens (including phenoxy) is 1.